The fraction of sp³-hybridized carbons (Fsp3) is 0.947. The monoisotopic (exact) mass is 397 g/mol. The largest absolute Gasteiger partial charge is 0.478 e. The minimum Gasteiger partial charge on any atom is -0.404 e. The van der Waals surface area contributed by atoms with Crippen LogP contribution in [0.5, 0.6) is 0 Å². The van der Waals surface area contributed by atoms with Gasteiger partial charge in [-0.15, -0.1) is 0 Å². The summed E-state index contributed by atoms with van der Waals surface area (Å²) in [5.74, 6) is 2.76. The van der Waals surface area contributed by atoms with E-state index >= 15 is 0 Å². The van der Waals surface area contributed by atoms with Crippen LogP contribution in [0.25, 0.3) is 0 Å². The van der Waals surface area contributed by atoms with Crippen molar-refractivity contribution in [2.75, 3.05) is 12.2 Å². The average molecular weight is 397 g/mol. The fourth-order valence-electron chi connectivity index (χ4n) is 5.55. The van der Waals surface area contributed by atoms with Crippen LogP contribution < -0.4 is 5.32 Å². The summed E-state index contributed by atoms with van der Waals surface area (Å²) >= 11 is 0. The molecule has 0 spiro atoms. The molecule has 2 aliphatic heterocycles. The third-order valence-electron chi connectivity index (χ3n) is 7.37. The molecule has 0 aromatic heterocycles. The van der Waals surface area contributed by atoms with E-state index in [1.165, 1.54) is 25.0 Å². The molecule has 3 saturated carbocycles. The van der Waals surface area contributed by atoms with E-state index in [1.807, 2.05) is 21.6 Å². The zero-order valence-corrected chi connectivity index (χ0v) is 17.9. The predicted octanol–water partition coefficient (Wildman–Crippen LogP) is 4.08. The Morgan fingerprint density at radius 1 is 1.27 bits per heavy atom. The van der Waals surface area contributed by atoms with E-state index in [2.05, 4.69) is 26.1 Å². The van der Waals surface area contributed by atoms with E-state index in [9.17, 15) is 4.79 Å². The number of hydrogen-bond donors (Lipinski definition) is 1. The SMILES string of the molecule is CC1(C)C2CC3OB(CNC(=O)CCCC[C@H]4CCSS4)O[C@]3(C)C1C2. The molecule has 1 amide bonds. The molecular formula is C19H32BNO3S2. The number of nitrogens with one attached hydrogen (secondary N) is 1. The third kappa shape index (κ3) is 3.58. The van der Waals surface area contributed by atoms with Gasteiger partial charge in [-0.25, -0.2) is 0 Å². The molecule has 5 fully saturated rings. The van der Waals surface area contributed by atoms with Crippen molar-refractivity contribution in [3.05, 3.63) is 0 Å². The average Bonchev–Trinajstić information content (AvgIpc) is 3.22. The molecule has 5 rings (SSSR count). The normalized spacial score (nSPS) is 40.2. The Morgan fingerprint density at radius 2 is 2.12 bits per heavy atom. The van der Waals surface area contributed by atoms with Crippen LogP contribution in [0.15, 0.2) is 0 Å². The van der Waals surface area contributed by atoms with Gasteiger partial charge < -0.3 is 14.6 Å². The van der Waals surface area contributed by atoms with Crippen LogP contribution in [0.4, 0.5) is 0 Å². The minimum absolute atomic E-state index is 0.135. The Kier molecular flexibility index (Phi) is 5.64. The van der Waals surface area contributed by atoms with E-state index in [1.54, 1.807) is 0 Å². The molecule has 2 bridgehead atoms. The van der Waals surface area contributed by atoms with E-state index in [4.69, 9.17) is 9.31 Å². The van der Waals surface area contributed by atoms with Crippen LogP contribution in [-0.2, 0) is 14.1 Å². The summed E-state index contributed by atoms with van der Waals surface area (Å²) in [5.41, 5.74) is 0.188. The molecule has 7 heteroatoms. The summed E-state index contributed by atoms with van der Waals surface area (Å²) in [4.78, 5) is 12.1. The van der Waals surface area contributed by atoms with Gasteiger partial charge in [0.1, 0.15) is 0 Å². The van der Waals surface area contributed by atoms with Gasteiger partial charge >= 0.3 is 7.12 Å². The lowest BCUT2D eigenvalue weighted by molar-refractivity contribution is -0.199. The molecule has 2 heterocycles. The Bertz CT molecular complexity index is 543. The second kappa shape index (κ2) is 7.53. The molecule has 3 aliphatic carbocycles. The van der Waals surface area contributed by atoms with Crippen molar-refractivity contribution in [1.82, 2.24) is 5.32 Å². The van der Waals surface area contributed by atoms with Crippen molar-refractivity contribution >= 4 is 34.6 Å². The number of carbonyl (C=O) groups excluding carboxylic acids is 1. The summed E-state index contributed by atoms with van der Waals surface area (Å²) in [6.45, 7) is 6.96. The Balaban J connectivity index is 1.16. The Labute approximate surface area is 166 Å². The van der Waals surface area contributed by atoms with E-state index in [0.29, 0.717) is 24.2 Å². The summed E-state index contributed by atoms with van der Waals surface area (Å²) in [6.07, 6.45) is 8.38. The second-order valence-electron chi connectivity index (χ2n) is 9.28. The highest BCUT2D eigenvalue weighted by Gasteiger charge is 2.67. The van der Waals surface area contributed by atoms with Crippen LogP contribution in [0.1, 0.15) is 65.7 Å². The molecule has 26 heavy (non-hydrogen) atoms. The van der Waals surface area contributed by atoms with Crippen LogP contribution in [0.3, 0.4) is 0 Å². The van der Waals surface area contributed by atoms with E-state index in [-0.39, 0.29) is 24.7 Å². The van der Waals surface area contributed by atoms with Gasteiger partial charge in [-0.2, -0.15) is 0 Å². The minimum atomic E-state index is -0.281. The molecule has 146 valence electrons. The first-order valence-corrected chi connectivity index (χ1v) is 12.7. The third-order valence-corrected chi connectivity index (χ3v) is 10.4. The van der Waals surface area contributed by atoms with Crippen molar-refractivity contribution in [1.29, 1.82) is 0 Å². The number of hydrogen-bond acceptors (Lipinski definition) is 5. The number of unbranched alkanes of at least 4 members (excludes halogenated alkanes) is 1. The lowest BCUT2D eigenvalue weighted by Gasteiger charge is -2.64. The fourth-order valence-corrected chi connectivity index (χ4v) is 8.57. The smallest absolute Gasteiger partial charge is 0.404 e. The molecule has 3 unspecified atom stereocenters. The maximum absolute atomic E-state index is 12.1. The van der Waals surface area contributed by atoms with Crippen LogP contribution in [0.2, 0.25) is 0 Å². The first-order chi connectivity index (χ1) is 12.4. The lowest BCUT2D eigenvalue weighted by atomic mass is 9.43. The van der Waals surface area contributed by atoms with Crippen LogP contribution in [-0.4, -0.2) is 42.2 Å². The molecule has 5 atom stereocenters. The number of amides is 1. The molecule has 0 aromatic carbocycles. The highest BCUT2D eigenvalue weighted by molar-refractivity contribution is 8.77. The molecular weight excluding hydrogens is 365 g/mol. The van der Waals surface area contributed by atoms with Crippen molar-refractivity contribution in [2.24, 2.45) is 17.3 Å². The Morgan fingerprint density at radius 3 is 2.85 bits per heavy atom. The first-order valence-electron chi connectivity index (χ1n) is 10.3. The summed E-state index contributed by atoms with van der Waals surface area (Å²) in [5, 5.41) is 3.84. The summed E-state index contributed by atoms with van der Waals surface area (Å²) < 4.78 is 12.5. The van der Waals surface area contributed by atoms with Gasteiger partial charge in [0, 0.05) is 17.4 Å². The summed E-state index contributed by atoms with van der Waals surface area (Å²) in [6, 6.07) is 0. The first kappa shape index (κ1) is 19.5. The number of rotatable bonds is 7. The lowest BCUT2D eigenvalue weighted by Crippen LogP contribution is -2.65. The Hall–Kier alpha value is 0.155. The standard InChI is InChI=1S/C19H32BNO3S2/c1-18(2)13-10-15(18)19(3)16(11-13)23-20(24-19)12-21-17(22)7-5-4-6-14-8-9-25-26-14/h13-16H,4-12H2,1-3H3,(H,21,22)/t13?,14-,15?,16?,19+/m0/s1. The van der Waals surface area contributed by atoms with Crippen molar-refractivity contribution in [3.8, 4) is 0 Å². The molecule has 0 aromatic rings. The van der Waals surface area contributed by atoms with Crippen molar-refractivity contribution in [3.63, 3.8) is 0 Å². The van der Waals surface area contributed by atoms with Crippen molar-refractivity contribution < 1.29 is 14.1 Å². The molecule has 0 radical (unpaired) electrons. The maximum atomic E-state index is 12.1. The van der Waals surface area contributed by atoms with Gasteiger partial charge in [-0.05, 0) is 56.3 Å². The maximum Gasteiger partial charge on any atom is 0.478 e. The predicted molar refractivity (Wildman–Crippen MR) is 110 cm³/mol. The van der Waals surface area contributed by atoms with E-state index in [0.717, 1.165) is 30.4 Å². The van der Waals surface area contributed by atoms with Crippen LogP contribution >= 0.6 is 21.6 Å². The van der Waals surface area contributed by atoms with Gasteiger partial charge in [0.25, 0.3) is 0 Å². The van der Waals surface area contributed by atoms with Gasteiger partial charge in [-0.3, -0.25) is 4.79 Å². The quantitative estimate of drug-likeness (QED) is 0.398. The zero-order chi connectivity index (χ0) is 18.4. The van der Waals surface area contributed by atoms with Gasteiger partial charge in [0.05, 0.1) is 18.1 Å². The van der Waals surface area contributed by atoms with Gasteiger partial charge in [0.2, 0.25) is 5.91 Å². The zero-order valence-electron chi connectivity index (χ0n) is 16.3. The highest BCUT2D eigenvalue weighted by atomic mass is 33.1. The highest BCUT2D eigenvalue weighted by Crippen LogP contribution is 2.65. The van der Waals surface area contributed by atoms with E-state index < -0.39 is 0 Å². The topological polar surface area (TPSA) is 47.6 Å². The molecule has 5 aliphatic rings. The number of carbonyl (C=O) groups is 1. The van der Waals surface area contributed by atoms with Crippen LogP contribution in [0, 0.1) is 17.3 Å². The second-order valence-corrected chi connectivity index (χ2v) is 12.1. The van der Waals surface area contributed by atoms with Gasteiger partial charge in [-0.1, -0.05) is 41.9 Å². The van der Waals surface area contributed by atoms with Crippen molar-refractivity contribution in [2.45, 2.75) is 82.7 Å². The molecule has 4 nitrogen and oxygen atoms in total. The molecule has 1 N–H and O–H groups in total. The summed E-state index contributed by atoms with van der Waals surface area (Å²) in [7, 11) is 3.73. The molecule has 2 saturated heterocycles. The van der Waals surface area contributed by atoms with Gasteiger partial charge in [0.15, 0.2) is 0 Å².